The van der Waals surface area contributed by atoms with E-state index in [1.807, 2.05) is 0 Å². The Labute approximate surface area is 192 Å². The number of amides is 1. The molecular weight excluding hydrogens is 454 g/mol. The van der Waals surface area contributed by atoms with Gasteiger partial charge in [-0.05, 0) is 36.4 Å². The molecule has 10 heteroatoms. The molecule has 0 aliphatic heterocycles. The minimum Gasteiger partial charge on any atom is -0.398 e. The van der Waals surface area contributed by atoms with Crippen LogP contribution < -0.4 is 11.1 Å². The van der Waals surface area contributed by atoms with Gasteiger partial charge in [-0.15, -0.1) is 11.2 Å². The maximum atomic E-state index is 13.4. The molecule has 0 radical (unpaired) electrons. The van der Waals surface area contributed by atoms with E-state index in [0.717, 1.165) is 0 Å². The van der Waals surface area contributed by atoms with Crippen LogP contribution in [0.2, 0.25) is 10.0 Å². The van der Waals surface area contributed by atoms with Crippen LogP contribution in [0.5, 0.6) is 0 Å². The number of pyridine rings is 1. The molecule has 0 aliphatic carbocycles. The number of hydrogen-bond donors (Lipinski definition) is 2. The molecule has 3 N–H and O–H groups in total. The van der Waals surface area contributed by atoms with E-state index in [-0.39, 0.29) is 21.3 Å². The molecule has 2 aromatic heterocycles. The lowest BCUT2D eigenvalue weighted by molar-refractivity contribution is 0.102. The number of hydrogen-bond acceptors (Lipinski definition) is 5. The first kappa shape index (κ1) is 21.3. The third-order valence-corrected chi connectivity index (χ3v) is 5.09. The van der Waals surface area contributed by atoms with Crippen molar-refractivity contribution in [1.82, 2.24) is 20.0 Å². The fourth-order valence-corrected chi connectivity index (χ4v) is 3.53. The van der Waals surface area contributed by atoms with Gasteiger partial charge in [0.05, 0.1) is 39.9 Å². The van der Waals surface area contributed by atoms with Crippen LogP contribution >= 0.6 is 23.2 Å². The summed E-state index contributed by atoms with van der Waals surface area (Å²) in [4.78, 5) is 18.3. The zero-order valence-corrected chi connectivity index (χ0v) is 17.7. The summed E-state index contributed by atoms with van der Waals surface area (Å²) in [5.74, 6) is 1.83. The normalized spacial score (nSPS) is 10.6. The lowest BCUT2D eigenvalue weighted by Gasteiger charge is -2.13. The van der Waals surface area contributed by atoms with Crippen LogP contribution in [0.1, 0.15) is 15.9 Å². The number of nitrogen functional groups attached to an aromatic ring is 1. The Balaban J connectivity index is 1.65. The molecule has 0 aliphatic rings. The summed E-state index contributed by atoms with van der Waals surface area (Å²) in [5, 5.41) is 11.0. The van der Waals surface area contributed by atoms with E-state index in [1.165, 1.54) is 59.8 Å². The van der Waals surface area contributed by atoms with Crippen LogP contribution in [0.4, 0.5) is 15.8 Å². The number of nitrogens with two attached hydrogens (primary N) is 1. The first-order chi connectivity index (χ1) is 15.4. The maximum Gasteiger partial charge on any atom is 0.257 e. The first-order valence-electron chi connectivity index (χ1n) is 9.06. The maximum absolute atomic E-state index is 13.4. The van der Waals surface area contributed by atoms with E-state index in [1.54, 1.807) is 0 Å². The molecule has 0 saturated heterocycles. The predicted octanol–water partition coefficient (Wildman–Crippen LogP) is 4.59. The van der Waals surface area contributed by atoms with Gasteiger partial charge in [0.2, 0.25) is 0 Å². The van der Waals surface area contributed by atoms with Crippen LogP contribution in [0.15, 0.2) is 55.0 Å². The predicted molar refractivity (Wildman–Crippen MR) is 121 cm³/mol. The number of aromatic nitrogens is 4. The van der Waals surface area contributed by atoms with Crippen molar-refractivity contribution >= 4 is 40.5 Å². The number of halogens is 3. The lowest BCUT2D eigenvalue weighted by atomic mass is 9.96. The highest BCUT2D eigenvalue weighted by Crippen LogP contribution is 2.33. The number of nitrogens with one attached hydrogen (secondary N) is 1. The van der Waals surface area contributed by atoms with Crippen LogP contribution in [-0.4, -0.2) is 25.9 Å². The minimum atomic E-state index is -0.520. The van der Waals surface area contributed by atoms with Crippen molar-refractivity contribution < 1.29 is 9.18 Å². The van der Waals surface area contributed by atoms with Crippen molar-refractivity contribution in [1.29, 1.82) is 0 Å². The van der Waals surface area contributed by atoms with E-state index in [9.17, 15) is 9.18 Å². The molecule has 0 unspecified atom stereocenters. The van der Waals surface area contributed by atoms with Crippen molar-refractivity contribution in [2.24, 2.45) is 0 Å². The van der Waals surface area contributed by atoms with Crippen molar-refractivity contribution in [3.05, 3.63) is 82.0 Å². The van der Waals surface area contributed by atoms with Gasteiger partial charge in [-0.25, -0.2) is 9.37 Å². The lowest BCUT2D eigenvalue weighted by Crippen LogP contribution is -2.14. The molecule has 2 aromatic carbocycles. The van der Waals surface area contributed by atoms with E-state index < -0.39 is 11.7 Å². The van der Waals surface area contributed by atoms with E-state index in [2.05, 4.69) is 26.4 Å². The second kappa shape index (κ2) is 8.67. The number of benzene rings is 2. The Morgan fingerprint density at radius 1 is 1.09 bits per heavy atom. The van der Waals surface area contributed by atoms with E-state index >= 15 is 0 Å². The molecule has 1 amide bonds. The number of nitrogens with zero attached hydrogens (tertiary/aromatic N) is 4. The summed E-state index contributed by atoms with van der Waals surface area (Å²) < 4.78 is 13.4. The summed E-state index contributed by atoms with van der Waals surface area (Å²) in [6, 6.07) is 8.44. The van der Waals surface area contributed by atoms with Gasteiger partial charge in [-0.2, -0.15) is 10.2 Å². The largest absolute Gasteiger partial charge is 0.398 e. The smallest absolute Gasteiger partial charge is 0.257 e. The van der Waals surface area contributed by atoms with E-state index in [4.69, 9.17) is 35.4 Å². The molecule has 2 heterocycles. The van der Waals surface area contributed by atoms with Gasteiger partial charge in [-0.1, -0.05) is 29.1 Å². The van der Waals surface area contributed by atoms with Crippen molar-refractivity contribution in [2.75, 3.05) is 11.1 Å². The Morgan fingerprint density at radius 3 is 2.50 bits per heavy atom. The number of carbonyl (C=O) groups excluding carboxylic acids is 1. The average molecular weight is 467 g/mol. The number of terminal acetylenes is 1. The van der Waals surface area contributed by atoms with Crippen LogP contribution in [-0.2, 0) is 0 Å². The molecule has 4 aromatic rings. The molecule has 0 bridgehead atoms. The second-order valence-electron chi connectivity index (χ2n) is 6.56. The van der Waals surface area contributed by atoms with E-state index in [0.29, 0.717) is 28.2 Å². The second-order valence-corrected chi connectivity index (χ2v) is 7.37. The fraction of sp³-hybridized carbons (Fsp3) is 0. The van der Waals surface area contributed by atoms with Gasteiger partial charge in [0.25, 0.3) is 5.91 Å². The zero-order chi connectivity index (χ0) is 22.8. The van der Waals surface area contributed by atoms with Gasteiger partial charge in [-0.3, -0.25) is 4.79 Å². The quantitative estimate of drug-likeness (QED) is 0.338. The Hall–Kier alpha value is -3.93. The Morgan fingerprint density at radius 2 is 1.84 bits per heavy atom. The minimum absolute atomic E-state index is 0.136. The van der Waals surface area contributed by atoms with Gasteiger partial charge < -0.3 is 11.1 Å². The Bertz CT molecular complexity index is 1380. The molecular formula is C22H13Cl2FN6O. The topological polar surface area (TPSA) is 98.7 Å². The molecule has 158 valence electrons. The highest BCUT2D eigenvalue weighted by molar-refractivity contribution is 6.35. The molecule has 4 rings (SSSR count). The first-order valence-corrected chi connectivity index (χ1v) is 9.82. The number of carbonyl (C=O) groups is 1. The van der Waals surface area contributed by atoms with Gasteiger partial charge in [0, 0.05) is 22.4 Å². The molecule has 0 saturated carbocycles. The molecule has 7 nitrogen and oxygen atoms in total. The number of rotatable bonds is 4. The van der Waals surface area contributed by atoms with Gasteiger partial charge >= 0.3 is 0 Å². The molecule has 0 fully saturated rings. The highest BCUT2D eigenvalue weighted by Gasteiger charge is 2.18. The van der Waals surface area contributed by atoms with Crippen LogP contribution in [0, 0.1) is 18.2 Å². The standard InChI is InChI=1S/C22H13Cl2FN6O/c1-2-12-7-17(18(23)10-16(12)15-4-3-13(25)8-20(15)26)22(32)30-14-9-19(24)21(27-11-14)31-28-5-6-29-31/h1,3-11H,26H2,(H,30,32). The van der Waals surface area contributed by atoms with Crippen LogP contribution in [0.3, 0.4) is 0 Å². The Kier molecular flexibility index (Phi) is 5.77. The fourth-order valence-electron chi connectivity index (χ4n) is 3.04. The van der Waals surface area contributed by atoms with Crippen molar-refractivity contribution in [3.63, 3.8) is 0 Å². The van der Waals surface area contributed by atoms with Crippen molar-refractivity contribution in [2.45, 2.75) is 0 Å². The molecule has 0 spiro atoms. The third kappa shape index (κ3) is 4.12. The van der Waals surface area contributed by atoms with Gasteiger partial charge in [0.15, 0.2) is 5.82 Å². The summed E-state index contributed by atoms with van der Waals surface area (Å²) in [5.41, 5.74) is 7.98. The highest BCUT2D eigenvalue weighted by atomic mass is 35.5. The zero-order valence-electron chi connectivity index (χ0n) is 16.2. The summed E-state index contributed by atoms with van der Waals surface area (Å²) in [6.07, 6.45) is 10.0. The molecule has 0 atom stereocenters. The summed E-state index contributed by atoms with van der Waals surface area (Å²) in [7, 11) is 0. The van der Waals surface area contributed by atoms with Gasteiger partial charge in [0.1, 0.15) is 5.82 Å². The molecule has 32 heavy (non-hydrogen) atoms. The van der Waals surface area contributed by atoms with Crippen LogP contribution in [0.25, 0.3) is 16.9 Å². The number of anilines is 2. The summed E-state index contributed by atoms with van der Waals surface area (Å²) >= 11 is 12.6. The third-order valence-electron chi connectivity index (χ3n) is 4.50. The SMILES string of the molecule is C#Cc1cc(C(=O)Nc2cnc(-n3nccn3)c(Cl)c2)c(Cl)cc1-c1ccc(F)cc1N. The summed E-state index contributed by atoms with van der Waals surface area (Å²) in [6.45, 7) is 0. The monoisotopic (exact) mass is 466 g/mol. The van der Waals surface area contributed by atoms with Crippen molar-refractivity contribution in [3.8, 4) is 29.3 Å². The average Bonchev–Trinajstić information content (AvgIpc) is 3.28.